The van der Waals surface area contributed by atoms with Crippen molar-refractivity contribution in [1.29, 1.82) is 0 Å². The van der Waals surface area contributed by atoms with Gasteiger partial charge in [0, 0.05) is 17.1 Å². The van der Waals surface area contributed by atoms with E-state index in [4.69, 9.17) is 9.84 Å². The molecule has 0 aliphatic rings. The number of carbonyl (C=O) groups is 1. The number of ether oxygens (including phenoxy) is 1. The summed E-state index contributed by atoms with van der Waals surface area (Å²) in [5.41, 5.74) is 5.75. The number of aliphatic carboxylic acids is 1. The average Bonchev–Trinajstić information content (AvgIpc) is 2.71. The van der Waals surface area contributed by atoms with Gasteiger partial charge >= 0.3 is 5.97 Å². The first-order valence-corrected chi connectivity index (χ1v) is 9.96. The van der Waals surface area contributed by atoms with Crippen molar-refractivity contribution in [2.24, 2.45) is 0 Å². The predicted octanol–water partition coefficient (Wildman–Crippen LogP) is 5.46. The van der Waals surface area contributed by atoms with E-state index in [0.29, 0.717) is 6.54 Å². The zero-order valence-corrected chi connectivity index (χ0v) is 16.8. The number of rotatable bonds is 8. The Hall–Kier alpha value is -2.92. The minimum absolute atomic E-state index is 0.0738. The van der Waals surface area contributed by atoms with Crippen molar-refractivity contribution < 1.29 is 14.6 Å². The molecule has 3 rings (SSSR count). The lowest BCUT2D eigenvalue weighted by Gasteiger charge is -2.11. The van der Waals surface area contributed by atoms with Crippen LogP contribution >= 0.6 is 11.8 Å². The molecule has 0 amide bonds. The molecule has 0 saturated heterocycles. The largest absolute Gasteiger partial charge is 0.497 e. The number of methoxy groups -OCH3 is 1. The van der Waals surface area contributed by atoms with E-state index in [0.717, 1.165) is 16.3 Å². The van der Waals surface area contributed by atoms with Crippen LogP contribution in [0.5, 0.6) is 5.75 Å². The van der Waals surface area contributed by atoms with E-state index in [1.807, 2.05) is 36.4 Å². The third kappa shape index (κ3) is 5.30. The van der Waals surface area contributed by atoms with Crippen LogP contribution in [0.1, 0.15) is 11.1 Å². The second-order valence-corrected chi connectivity index (χ2v) is 7.49. The summed E-state index contributed by atoms with van der Waals surface area (Å²) in [5, 5.41) is 12.2. The summed E-state index contributed by atoms with van der Waals surface area (Å²) < 4.78 is 5.29. The maximum absolute atomic E-state index is 10.6. The van der Waals surface area contributed by atoms with Crippen molar-refractivity contribution in [3.05, 3.63) is 77.9 Å². The lowest BCUT2D eigenvalue weighted by Crippen LogP contribution is -2.00. The molecule has 0 atom stereocenters. The fourth-order valence-electron chi connectivity index (χ4n) is 2.95. The minimum atomic E-state index is -0.806. The van der Waals surface area contributed by atoms with Crippen LogP contribution in [-0.2, 0) is 11.3 Å². The van der Waals surface area contributed by atoms with E-state index in [-0.39, 0.29) is 5.75 Å². The summed E-state index contributed by atoms with van der Waals surface area (Å²) in [4.78, 5) is 11.6. The molecule has 0 heterocycles. The molecule has 0 radical (unpaired) electrons. The van der Waals surface area contributed by atoms with Crippen LogP contribution in [0.4, 0.5) is 5.69 Å². The highest BCUT2D eigenvalue weighted by atomic mass is 32.2. The first-order valence-electron chi connectivity index (χ1n) is 8.97. The molecule has 28 heavy (non-hydrogen) atoms. The van der Waals surface area contributed by atoms with E-state index in [2.05, 4.69) is 42.6 Å². The third-order valence-corrected chi connectivity index (χ3v) is 5.38. The van der Waals surface area contributed by atoms with Crippen LogP contribution in [0.15, 0.2) is 71.6 Å². The van der Waals surface area contributed by atoms with E-state index < -0.39 is 5.97 Å². The Kier molecular flexibility index (Phi) is 6.61. The third-order valence-electron chi connectivity index (χ3n) is 4.38. The highest BCUT2D eigenvalue weighted by Crippen LogP contribution is 2.28. The quantitative estimate of drug-likeness (QED) is 0.498. The molecule has 0 aliphatic carbocycles. The molecule has 144 valence electrons. The van der Waals surface area contributed by atoms with Gasteiger partial charge in [0.2, 0.25) is 0 Å². The van der Waals surface area contributed by atoms with Gasteiger partial charge in [0.1, 0.15) is 5.75 Å². The summed E-state index contributed by atoms with van der Waals surface area (Å²) in [7, 11) is 1.68. The van der Waals surface area contributed by atoms with Gasteiger partial charge in [-0.25, -0.2) is 0 Å². The molecular weight excluding hydrogens is 370 g/mol. The van der Waals surface area contributed by atoms with Crippen LogP contribution in [-0.4, -0.2) is 23.9 Å². The topological polar surface area (TPSA) is 58.6 Å². The molecule has 3 aromatic carbocycles. The zero-order valence-electron chi connectivity index (χ0n) is 15.9. The lowest BCUT2D eigenvalue weighted by molar-refractivity contribution is -0.133. The normalized spacial score (nSPS) is 10.5. The van der Waals surface area contributed by atoms with E-state index in [1.54, 1.807) is 7.11 Å². The number of hydrogen-bond donors (Lipinski definition) is 2. The monoisotopic (exact) mass is 393 g/mol. The van der Waals surface area contributed by atoms with Gasteiger partial charge in [-0.2, -0.15) is 0 Å². The van der Waals surface area contributed by atoms with Crippen LogP contribution in [0.2, 0.25) is 0 Å². The van der Waals surface area contributed by atoms with E-state index in [1.165, 1.54) is 34.0 Å². The second-order valence-electron chi connectivity index (χ2n) is 6.44. The summed E-state index contributed by atoms with van der Waals surface area (Å²) in [5.74, 6) is 0.132. The molecule has 0 bridgehead atoms. The number of thioether (sulfide) groups is 1. The number of hydrogen-bond acceptors (Lipinski definition) is 4. The summed E-state index contributed by atoms with van der Waals surface area (Å²) in [6, 6.07) is 22.4. The Balaban J connectivity index is 1.66. The molecule has 0 aromatic heterocycles. The fourth-order valence-corrected chi connectivity index (χ4v) is 3.57. The number of carboxylic acids is 1. The highest BCUT2D eigenvalue weighted by Gasteiger charge is 2.05. The maximum Gasteiger partial charge on any atom is 0.313 e. The number of benzene rings is 3. The molecule has 0 unspecified atom stereocenters. The Bertz CT molecular complexity index is 954. The first-order chi connectivity index (χ1) is 13.5. The molecule has 0 saturated carbocycles. The number of nitrogens with one attached hydrogen (secondary N) is 1. The summed E-state index contributed by atoms with van der Waals surface area (Å²) >= 11 is 1.32. The molecule has 2 N–H and O–H groups in total. The molecule has 0 fully saturated rings. The molecule has 4 nitrogen and oxygen atoms in total. The fraction of sp³-hybridized carbons (Fsp3) is 0.174. The Labute approximate surface area is 169 Å². The van der Waals surface area contributed by atoms with Gasteiger partial charge in [-0.05, 0) is 71.6 Å². The molecule has 3 aromatic rings. The molecule has 5 heteroatoms. The van der Waals surface area contributed by atoms with Crippen molar-refractivity contribution >= 4 is 23.4 Å². The van der Waals surface area contributed by atoms with Crippen molar-refractivity contribution in [3.8, 4) is 16.9 Å². The minimum Gasteiger partial charge on any atom is -0.497 e. The Morgan fingerprint density at radius 3 is 2.54 bits per heavy atom. The standard InChI is InChI=1S/C23H23NO3S/c1-16-12-20(27-2)8-11-22(16)18-5-3-4-17(13-18)14-24-19-6-9-21(10-7-19)28-15-23(25)26/h3-13,24H,14-15H2,1-2H3,(H,25,26). The van der Waals surface area contributed by atoms with Gasteiger partial charge in [0.25, 0.3) is 0 Å². The molecule has 0 aliphatic heterocycles. The van der Waals surface area contributed by atoms with Crippen LogP contribution in [0.3, 0.4) is 0 Å². The average molecular weight is 394 g/mol. The van der Waals surface area contributed by atoms with Crippen LogP contribution in [0.25, 0.3) is 11.1 Å². The Morgan fingerprint density at radius 1 is 1.07 bits per heavy atom. The molecule has 0 spiro atoms. The van der Waals surface area contributed by atoms with Crippen molar-refractivity contribution in [3.63, 3.8) is 0 Å². The summed E-state index contributed by atoms with van der Waals surface area (Å²) in [6.45, 7) is 2.80. The highest BCUT2D eigenvalue weighted by molar-refractivity contribution is 8.00. The van der Waals surface area contributed by atoms with E-state index >= 15 is 0 Å². The van der Waals surface area contributed by atoms with Crippen LogP contribution < -0.4 is 10.1 Å². The Morgan fingerprint density at radius 2 is 1.86 bits per heavy atom. The number of carboxylic acid groups (broad SMARTS) is 1. The van der Waals surface area contributed by atoms with Crippen molar-refractivity contribution in [2.75, 3.05) is 18.2 Å². The van der Waals surface area contributed by atoms with Crippen molar-refractivity contribution in [2.45, 2.75) is 18.4 Å². The zero-order chi connectivity index (χ0) is 19.9. The molecular formula is C23H23NO3S. The lowest BCUT2D eigenvalue weighted by atomic mass is 9.98. The predicted molar refractivity (Wildman–Crippen MR) is 115 cm³/mol. The van der Waals surface area contributed by atoms with Gasteiger partial charge in [0.15, 0.2) is 0 Å². The maximum atomic E-state index is 10.6. The number of anilines is 1. The second kappa shape index (κ2) is 9.33. The van der Waals surface area contributed by atoms with Gasteiger partial charge < -0.3 is 15.2 Å². The van der Waals surface area contributed by atoms with Gasteiger partial charge in [-0.3, -0.25) is 4.79 Å². The number of aryl methyl sites for hydroxylation is 1. The van der Waals surface area contributed by atoms with Crippen molar-refractivity contribution in [1.82, 2.24) is 0 Å². The van der Waals surface area contributed by atoms with Gasteiger partial charge in [0.05, 0.1) is 12.9 Å². The SMILES string of the molecule is COc1ccc(-c2cccc(CNc3ccc(SCC(=O)O)cc3)c2)c(C)c1. The first kappa shape index (κ1) is 19.8. The summed E-state index contributed by atoms with van der Waals surface area (Å²) in [6.07, 6.45) is 0. The van der Waals surface area contributed by atoms with Crippen LogP contribution in [0, 0.1) is 6.92 Å². The van der Waals surface area contributed by atoms with Gasteiger partial charge in [-0.1, -0.05) is 24.3 Å². The smallest absolute Gasteiger partial charge is 0.313 e. The van der Waals surface area contributed by atoms with Gasteiger partial charge in [-0.15, -0.1) is 11.8 Å². The van der Waals surface area contributed by atoms with E-state index in [9.17, 15) is 4.79 Å².